The highest BCUT2D eigenvalue weighted by atomic mass is 32.1. The van der Waals surface area contributed by atoms with Gasteiger partial charge in [0.1, 0.15) is 5.75 Å². The van der Waals surface area contributed by atoms with Crippen LogP contribution in [-0.2, 0) is 4.79 Å². The lowest BCUT2D eigenvalue weighted by Gasteiger charge is -2.07. The van der Waals surface area contributed by atoms with Gasteiger partial charge in [0.2, 0.25) is 0 Å². The second-order valence-corrected chi connectivity index (χ2v) is 6.69. The van der Waals surface area contributed by atoms with E-state index in [1.54, 1.807) is 24.3 Å². The summed E-state index contributed by atoms with van der Waals surface area (Å²) in [6.07, 6.45) is 0.698. The largest absolute Gasteiger partial charge is 0.483 e. The third-order valence-electron chi connectivity index (χ3n) is 3.96. The van der Waals surface area contributed by atoms with Crippen LogP contribution in [0.5, 0.6) is 5.75 Å². The Morgan fingerprint density at radius 3 is 2.77 bits per heavy atom. The summed E-state index contributed by atoms with van der Waals surface area (Å²) in [5, 5.41) is 5.14. The Bertz CT molecular complexity index is 950. The van der Waals surface area contributed by atoms with Crippen molar-refractivity contribution in [2.75, 3.05) is 11.9 Å². The number of carbonyl (C=O) groups is 2. The van der Waals surface area contributed by atoms with Crippen LogP contribution in [0.4, 0.5) is 5.13 Å². The standard InChI is InChI=1S/C20H18N2O3S/c1-13-7-8-15(9-14(13)2)17-12-26-20(21-17)22-19(24)11-25-18-6-4-3-5-16(18)10-23/h3-10,12H,11H2,1-2H3,(H,21,22,24). The number of hydrogen-bond acceptors (Lipinski definition) is 5. The highest BCUT2D eigenvalue weighted by Gasteiger charge is 2.10. The Morgan fingerprint density at radius 1 is 1.19 bits per heavy atom. The molecule has 1 aromatic heterocycles. The molecule has 0 radical (unpaired) electrons. The minimum absolute atomic E-state index is 0.191. The maximum atomic E-state index is 12.1. The SMILES string of the molecule is Cc1ccc(-c2csc(NC(=O)COc3ccccc3C=O)n2)cc1C. The lowest BCUT2D eigenvalue weighted by atomic mass is 10.1. The Hall–Kier alpha value is -2.99. The van der Waals surface area contributed by atoms with Crippen LogP contribution >= 0.6 is 11.3 Å². The van der Waals surface area contributed by atoms with Gasteiger partial charge in [0.25, 0.3) is 5.91 Å². The second-order valence-electron chi connectivity index (χ2n) is 5.83. The van der Waals surface area contributed by atoms with Crippen molar-refractivity contribution in [3.8, 4) is 17.0 Å². The number of para-hydroxylation sites is 1. The van der Waals surface area contributed by atoms with E-state index in [2.05, 4.69) is 36.3 Å². The van der Waals surface area contributed by atoms with Gasteiger partial charge in [-0.1, -0.05) is 24.3 Å². The van der Waals surface area contributed by atoms with Gasteiger partial charge in [-0.2, -0.15) is 0 Å². The Labute approximate surface area is 155 Å². The number of aldehydes is 1. The zero-order valence-corrected chi connectivity index (χ0v) is 15.3. The Morgan fingerprint density at radius 2 is 2.00 bits per heavy atom. The number of amides is 1. The van der Waals surface area contributed by atoms with Gasteiger partial charge in [-0.3, -0.25) is 14.9 Å². The number of hydrogen-bond donors (Lipinski definition) is 1. The first-order chi connectivity index (χ1) is 12.6. The van der Waals surface area contributed by atoms with Crippen molar-refractivity contribution in [3.63, 3.8) is 0 Å². The van der Waals surface area contributed by atoms with Gasteiger partial charge in [0.05, 0.1) is 11.3 Å². The number of nitrogens with one attached hydrogen (secondary N) is 1. The summed E-state index contributed by atoms with van der Waals surface area (Å²) in [5.74, 6) is 0.0549. The van der Waals surface area contributed by atoms with Crippen molar-refractivity contribution >= 4 is 28.7 Å². The molecule has 1 N–H and O–H groups in total. The van der Waals surface area contributed by atoms with E-state index in [9.17, 15) is 9.59 Å². The molecule has 132 valence electrons. The van der Waals surface area contributed by atoms with E-state index in [-0.39, 0.29) is 12.5 Å². The fraction of sp³-hybridized carbons (Fsp3) is 0.150. The van der Waals surface area contributed by atoms with Crippen molar-refractivity contribution in [1.29, 1.82) is 0 Å². The molecule has 0 aliphatic rings. The molecule has 0 bridgehead atoms. The van der Waals surface area contributed by atoms with Gasteiger partial charge < -0.3 is 4.74 Å². The maximum absolute atomic E-state index is 12.1. The second kappa shape index (κ2) is 7.93. The van der Waals surface area contributed by atoms with E-state index >= 15 is 0 Å². The summed E-state index contributed by atoms with van der Waals surface area (Å²) in [5.41, 5.74) is 4.67. The number of aromatic nitrogens is 1. The normalized spacial score (nSPS) is 10.4. The molecule has 5 nitrogen and oxygen atoms in total. The van der Waals surface area contributed by atoms with Gasteiger partial charge >= 0.3 is 0 Å². The number of rotatable bonds is 6. The molecule has 0 spiro atoms. The molecule has 2 aromatic carbocycles. The van der Waals surface area contributed by atoms with Crippen LogP contribution in [0.1, 0.15) is 21.5 Å². The Kier molecular flexibility index (Phi) is 5.43. The van der Waals surface area contributed by atoms with E-state index in [0.717, 1.165) is 11.3 Å². The first-order valence-electron chi connectivity index (χ1n) is 8.07. The van der Waals surface area contributed by atoms with E-state index < -0.39 is 0 Å². The molecular weight excluding hydrogens is 348 g/mol. The lowest BCUT2D eigenvalue weighted by molar-refractivity contribution is -0.118. The van der Waals surface area contributed by atoms with Crippen LogP contribution in [-0.4, -0.2) is 23.8 Å². The van der Waals surface area contributed by atoms with Crippen LogP contribution < -0.4 is 10.1 Å². The topological polar surface area (TPSA) is 68.3 Å². The molecule has 0 aliphatic carbocycles. The summed E-state index contributed by atoms with van der Waals surface area (Å²) in [6.45, 7) is 3.93. The van der Waals surface area contributed by atoms with E-state index in [1.807, 2.05) is 11.4 Å². The van der Waals surface area contributed by atoms with Gasteiger partial charge in [0, 0.05) is 10.9 Å². The average molecular weight is 366 g/mol. The summed E-state index contributed by atoms with van der Waals surface area (Å²) >= 11 is 1.36. The first-order valence-corrected chi connectivity index (χ1v) is 8.95. The number of anilines is 1. The summed E-state index contributed by atoms with van der Waals surface area (Å²) < 4.78 is 5.42. The predicted octanol–water partition coefficient (Wildman–Crippen LogP) is 4.26. The van der Waals surface area contributed by atoms with Gasteiger partial charge in [-0.05, 0) is 43.2 Å². The van der Waals surface area contributed by atoms with Gasteiger partial charge in [-0.15, -0.1) is 11.3 Å². The molecule has 0 saturated heterocycles. The van der Waals surface area contributed by atoms with Crippen molar-refractivity contribution in [2.24, 2.45) is 0 Å². The number of thiazole rings is 1. The summed E-state index contributed by atoms with van der Waals surface area (Å²) in [4.78, 5) is 27.5. The smallest absolute Gasteiger partial charge is 0.264 e. The molecule has 0 fully saturated rings. The third kappa shape index (κ3) is 4.15. The molecular formula is C20H18N2O3S. The lowest BCUT2D eigenvalue weighted by Crippen LogP contribution is -2.20. The van der Waals surface area contributed by atoms with Crippen molar-refractivity contribution < 1.29 is 14.3 Å². The van der Waals surface area contributed by atoms with Crippen molar-refractivity contribution in [2.45, 2.75) is 13.8 Å². The van der Waals surface area contributed by atoms with E-state index in [4.69, 9.17) is 4.74 Å². The maximum Gasteiger partial charge on any atom is 0.264 e. The molecule has 26 heavy (non-hydrogen) atoms. The molecule has 0 unspecified atom stereocenters. The zero-order valence-electron chi connectivity index (χ0n) is 14.5. The quantitative estimate of drug-likeness (QED) is 0.662. The Balaban J connectivity index is 1.62. The summed E-state index contributed by atoms with van der Waals surface area (Å²) in [7, 11) is 0. The van der Waals surface area contributed by atoms with Crippen LogP contribution in [0.15, 0.2) is 47.8 Å². The van der Waals surface area contributed by atoms with Gasteiger partial charge in [0.15, 0.2) is 18.0 Å². The highest BCUT2D eigenvalue weighted by Crippen LogP contribution is 2.26. The van der Waals surface area contributed by atoms with Crippen molar-refractivity contribution in [1.82, 2.24) is 4.98 Å². The fourth-order valence-electron chi connectivity index (χ4n) is 2.37. The van der Waals surface area contributed by atoms with Crippen LogP contribution in [0.3, 0.4) is 0 Å². The summed E-state index contributed by atoms with van der Waals surface area (Å²) in [6, 6.07) is 12.9. The van der Waals surface area contributed by atoms with Crippen LogP contribution in [0.25, 0.3) is 11.3 Å². The molecule has 3 aromatic rings. The van der Waals surface area contributed by atoms with Crippen LogP contribution in [0, 0.1) is 13.8 Å². The molecule has 1 heterocycles. The fourth-order valence-corrected chi connectivity index (χ4v) is 3.11. The molecule has 0 aliphatic heterocycles. The van der Waals surface area contributed by atoms with Gasteiger partial charge in [-0.25, -0.2) is 4.98 Å². The molecule has 1 amide bonds. The minimum Gasteiger partial charge on any atom is -0.483 e. The number of carbonyl (C=O) groups excluding carboxylic acids is 2. The van der Waals surface area contributed by atoms with Crippen molar-refractivity contribution in [3.05, 3.63) is 64.5 Å². The van der Waals surface area contributed by atoms with Crippen LogP contribution in [0.2, 0.25) is 0 Å². The first kappa shape index (κ1) is 17.8. The van der Waals surface area contributed by atoms with E-state index in [1.165, 1.54) is 22.5 Å². The third-order valence-corrected chi connectivity index (χ3v) is 4.72. The minimum atomic E-state index is -0.327. The molecule has 0 atom stereocenters. The highest BCUT2D eigenvalue weighted by molar-refractivity contribution is 7.14. The van der Waals surface area contributed by atoms with E-state index in [0.29, 0.717) is 22.7 Å². The molecule has 0 saturated carbocycles. The molecule has 3 rings (SSSR count). The zero-order chi connectivity index (χ0) is 18.5. The number of benzene rings is 2. The number of aryl methyl sites for hydroxylation is 2. The monoisotopic (exact) mass is 366 g/mol. The predicted molar refractivity (Wildman–Crippen MR) is 103 cm³/mol. The number of nitrogens with zero attached hydrogens (tertiary/aromatic N) is 1. The average Bonchev–Trinajstić information content (AvgIpc) is 3.11. The number of ether oxygens (including phenoxy) is 1. The molecule has 6 heteroatoms.